The Hall–Kier alpha value is -2.55. The normalized spacial score (nSPS) is 34.5. The molecule has 0 heterocycles. The van der Waals surface area contributed by atoms with E-state index in [-0.39, 0.29) is 17.5 Å². The van der Waals surface area contributed by atoms with Crippen LogP contribution in [0.3, 0.4) is 0 Å². The van der Waals surface area contributed by atoms with Crippen LogP contribution in [0.15, 0.2) is 60.2 Å². The first-order valence-electron chi connectivity index (χ1n) is 17.0. The van der Waals surface area contributed by atoms with Gasteiger partial charge in [-0.05, 0) is 134 Å². The molecule has 3 nitrogen and oxygen atoms in total. The quantitative estimate of drug-likeness (QED) is 0.149. The van der Waals surface area contributed by atoms with Crippen LogP contribution in [0.2, 0.25) is 0 Å². The van der Waals surface area contributed by atoms with E-state index in [4.69, 9.17) is 10.5 Å². The molecule has 42 heavy (non-hydrogen) atoms. The van der Waals surface area contributed by atoms with Gasteiger partial charge in [0.05, 0.1) is 5.56 Å². The molecule has 3 heteroatoms. The molecule has 0 spiro atoms. The van der Waals surface area contributed by atoms with E-state index < -0.39 is 0 Å². The molecule has 0 radical (unpaired) electrons. The van der Waals surface area contributed by atoms with Crippen molar-refractivity contribution < 1.29 is 9.53 Å². The molecule has 2 aromatic rings. The average molecular weight is 568 g/mol. The van der Waals surface area contributed by atoms with Gasteiger partial charge < -0.3 is 10.5 Å². The second-order valence-corrected chi connectivity index (χ2v) is 15.0. The van der Waals surface area contributed by atoms with E-state index in [9.17, 15) is 4.79 Å². The predicted octanol–water partition coefficient (Wildman–Crippen LogP) is 9.73. The van der Waals surface area contributed by atoms with E-state index in [0.717, 1.165) is 54.4 Å². The monoisotopic (exact) mass is 567 g/mol. The molecule has 0 aliphatic heterocycles. The molecule has 0 unspecified atom stereocenters. The molecular formula is C39H53NO2. The molecule has 3 fully saturated rings. The van der Waals surface area contributed by atoms with Gasteiger partial charge in [-0.25, -0.2) is 4.79 Å². The maximum Gasteiger partial charge on any atom is 0.338 e. The summed E-state index contributed by atoms with van der Waals surface area (Å²) in [6.45, 7) is 9.75. The Bertz CT molecular complexity index is 1300. The maximum absolute atomic E-state index is 13.0. The molecule has 2 aromatic carbocycles. The first-order valence-corrected chi connectivity index (χ1v) is 17.0. The Morgan fingerprint density at radius 2 is 1.81 bits per heavy atom. The number of nitrogens with two attached hydrogens (primary N) is 1. The number of aryl methyl sites for hydroxylation is 2. The number of nitrogen functional groups attached to an aromatic ring is 1. The van der Waals surface area contributed by atoms with Crippen molar-refractivity contribution in [3.05, 3.63) is 76.9 Å². The Labute approximate surface area is 254 Å². The van der Waals surface area contributed by atoms with Crippen molar-refractivity contribution in [2.45, 2.75) is 111 Å². The topological polar surface area (TPSA) is 52.3 Å². The van der Waals surface area contributed by atoms with Crippen LogP contribution >= 0.6 is 0 Å². The smallest absolute Gasteiger partial charge is 0.338 e. The van der Waals surface area contributed by atoms with Gasteiger partial charge in [-0.2, -0.15) is 0 Å². The molecule has 0 amide bonds. The van der Waals surface area contributed by atoms with Crippen LogP contribution in [-0.2, 0) is 11.2 Å². The maximum atomic E-state index is 13.0. The Morgan fingerprint density at radius 1 is 1.00 bits per heavy atom. The fourth-order valence-corrected chi connectivity index (χ4v) is 10.5. The number of ether oxygens (including phenoxy) is 1. The van der Waals surface area contributed by atoms with E-state index in [2.05, 4.69) is 57.2 Å². The Kier molecular flexibility index (Phi) is 8.33. The summed E-state index contributed by atoms with van der Waals surface area (Å²) in [5.41, 5.74) is 12.0. The fraction of sp³-hybridized carbons (Fsp3) is 0.615. The number of anilines is 1. The van der Waals surface area contributed by atoms with E-state index >= 15 is 0 Å². The fourth-order valence-electron chi connectivity index (χ4n) is 10.5. The van der Waals surface area contributed by atoms with Crippen LogP contribution in [0.4, 0.5) is 5.69 Å². The third kappa shape index (κ3) is 5.46. The number of carbonyl (C=O) groups excluding carboxylic acids is 1. The molecule has 4 aliphatic carbocycles. The number of allylic oxidation sites excluding steroid dienone is 1. The second kappa shape index (κ2) is 11.9. The van der Waals surface area contributed by atoms with Crippen LogP contribution in [0.5, 0.6) is 0 Å². The zero-order valence-corrected chi connectivity index (χ0v) is 26.5. The highest BCUT2D eigenvalue weighted by atomic mass is 16.5. The van der Waals surface area contributed by atoms with Crippen LogP contribution < -0.4 is 5.73 Å². The number of fused-ring (bicyclic) bond motifs is 5. The highest BCUT2D eigenvalue weighted by Gasteiger charge is 2.59. The highest BCUT2D eigenvalue weighted by molar-refractivity contribution is 5.91. The number of esters is 1. The largest absolute Gasteiger partial charge is 0.458 e. The summed E-state index contributed by atoms with van der Waals surface area (Å²) in [5.74, 6) is 3.98. The molecule has 0 bridgehead atoms. The van der Waals surface area contributed by atoms with Crippen molar-refractivity contribution in [2.75, 3.05) is 5.73 Å². The summed E-state index contributed by atoms with van der Waals surface area (Å²) in [4.78, 5) is 13.0. The molecule has 0 saturated heterocycles. The van der Waals surface area contributed by atoms with Crippen LogP contribution in [0, 0.1) is 47.3 Å². The summed E-state index contributed by atoms with van der Waals surface area (Å²) in [6, 6.07) is 16.5. The Balaban J connectivity index is 1.07. The number of hydrogen-bond acceptors (Lipinski definition) is 3. The van der Waals surface area contributed by atoms with Gasteiger partial charge >= 0.3 is 5.97 Å². The summed E-state index contributed by atoms with van der Waals surface area (Å²) < 4.78 is 6.10. The van der Waals surface area contributed by atoms with Gasteiger partial charge in [0, 0.05) is 12.1 Å². The van der Waals surface area contributed by atoms with E-state index in [1.165, 1.54) is 63.4 Å². The second-order valence-electron chi connectivity index (χ2n) is 15.0. The molecule has 2 N–H and O–H groups in total. The average Bonchev–Trinajstić information content (AvgIpc) is 3.33. The Morgan fingerprint density at radius 3 is 2.60 bits per heavy atom. The van der Waals surface area contributed by atoms with Gasteiger partial charge in [-0.15, -0.1) is 0 Å². The lowest BCUT2D eigenvalue weighted by molar-refractivity contribution is -0.0594. The molecule has 6 rings (SSSR count). The number of rotatable bonds is 8. The summed E-state index contributed by atoms with van der Waals surface area (Å²) >= 11 is 0. The van der Waals surface area contributed by atoms with Crippen LogP contribution in [-0.4, -0.2) is 12.1 Å². The summed E-state index contributed by atoms with van der Waals surface area (Å²) in [5, 5.41) is 0. The van der Waals surface area contributed by atoms with Crippen molar-refractivity contribution in [2.24, 2.45) is 40.4 Å². The van der Waals surface area contributed by atoms with Crippen molar-refractivity contribution in [3.63, 3.8) is 0 Å². The van der Waals surface area contributed by atoms with Gasteiger partial charge in [-0.1, -0.05) is 75.6 Å². The predicted molar refractivity (Wildman–Crippen MR) is 173 cm³/mol. The van der Waals surface area contributed by atoms with Crippen molar-refractivity contribution in [1.29, 1.82) is 0 Å². The molecule has 4 aliphatic rings. The minimum absolute atomic E-state index is 0.0159. The van der Waals surface area contributed by atoms with Gasteiger partial charge in [0.15, 0.2) is 0 Å². The molecule has 3 saturated carbocycles. The zero-order chi connectivity index (χ0) is 29.5. The summed E-state index contributed by atoms with van der Waals surface area (Å²) in [6.07, 6.45) is 17.7. The molecule has 8 atom stereocenters. The van der Waals surface area contributed by atoms with Gasteiger partial charge in [0.1, 0.15) is 6.10 Å². The number of carbonyl (C=O) groups is 1. The standard InChI is InChI=1S/C39H53NO2/c1-26(10-8-9-13-28-11-6-5-7-12-28)34-18-19-35-33-16-14-29-25-31(42-37(41)32-17-15-30(40)24-27(32)2)20-22-38(29,3)36(33)21-23-39(34,35)4/h5-7,11-12,14-15,17,24,26,31,33-36H,8-10,13,16,18-23,25,40H2,1-4H3/t26-,31+,33+,34-,35+,36+,38+,39-/m1/s1. The van der Waals surface area contributed by atoms with Crippen LogP contribution in [0.25, 0.3) is 0 Å². The summed E-state index contributed by atoms with van der Waals surface area (Å²) in [7, 11) is 0. The lowest BCUT2D eigenvalue weighted by Gasteiger charge is -2.58. The minimum atomic E-state index is -0.199. The van der Waals surface area contributed by atoms with E-state index in [0.29, 0.717) is 16.7 Å². The van der Waals surface area contributed by atoms with Crippen molar-refractivity contribution >= 4 is 11.7 Å². The first-order chi connectivity index (χ1) is 20.2. The highest BCUT2D eigenvalue weighted by Crippen LogP contribution is 2.67. The minimum Gasteiger partial charge on any atom is -0.458 e. The lowest BCUT2D eigenvalue weighted by Crippen LogP contribution is -2.51. The molecular weight excluding hydrogens is 514 g/mol. The lowest BCUT2D eigenvalue weighted by atomic mass is 9.47. The van der Waals surface area contributed by atoms with Crippen molar-refractivity contribution in [3.8, 4) is 0 Å². The van der Waals surface area contributed by atoms with E-state index in [1.54, 1.807) is 11.6 Å². The molecule has 0 aromatic heterocycles. The number of hydrogen-bond donors (Lipinski definition) is 1. The third-order valence-corrected chi connectivity index (χ3v) is 12.8. The third-order valence-electron chi connectivity index (χ3n) is 12.8. The molecule has 226 valence electrons. The number of unbranched alkanes of at least 4 members (excludes halogenated alkanes) is 1. The van der Waals surface area contributed by atoms with Gasteiger partial charge in [0.2, 0.25) is 0 Å². The number of benzene rings is 2. The zero-order valence-electron chi connectivity index (χ0n) is 26.5. The first kappa shape index (κ1) is 29.5. The van der Waals surface area contributed by atoms with Gasteiger partial charge in [0.25, 0.3) is 0 Å². The van der Waals surface area contributed by atoms with E-state index in [1.807, 2.05) is 19.1 Å². The SMILES string of the molecule is Cc1cc(N)ccc1C(=O)O[C@H]1CC[C@@]2(C)C(=CC[C@H]3[C@@H]4CC[C@H]([C@H](C)CCCCc5ccccc5)[C@@]4(C)CC[C@@H]32)C1. The van der Waals surface area contributed by atoms with Gasteiger partial charge in [-0.3, -0.25) is 0 Å². The van der Waals surface area contributed by atoms with Crippen molar-refractivity contribution in [1.82, 2.24) is 0 Å². The van der Waals surface area contributed by atoms with Crippen LogP contribution in [0.1, 0.15) is 113 Å².